The van der Waals surface area contributed by atoms with E-state index in [1.807, 2.05) is 43.3 Å². The molecule has 3 unspecified atom stereocenters. The Bertz CT molecular complexity index is 981. The molecule has 2 saturated carbocycles. The van der Waals surface area contributed by atoms with E-state index in [1.165, 1.54) is 0 Å². The molecule has 1 saturated heterocycles. The number of aliphatic hydroxyl groups excluding tert-OH is 1. The van der Waals surface area contributed by atoms with Crippen LogP contribution in [0.15, 0.2) is 24.3 Å². The van der Waals surface area contributed by atoms with Gasteiger partial charge < -0.3 is 19.8 Å². The van der Waals surface area contributed by atoms with Gasteiger partial charge in [0.2, 0.25) is 10.0 Å². The average Bonchev–Trinajstić information content (AvgIpc) is 3.09. The maximum Gasteiger partial charge on any atom is 0.214 e. The molecule has 5 atom stereocenters. The molecule has 8 heteroatoms. The minimum Gasteiger partial charge on any atom is -0.497 e. The normalized spacial score (nSPS) is 36.4. The van der Waals surface area contributed by atoms with Crippen molar-refractivity contribution in [1.29, 1.82) is 0 Å². The Labute approximate surface area is 198 Å². The molecule has 2 aliphatic carbocycles. The quantitative estimate of drug-likeness (QED) is 0.622. The van der Waals surface area contributed by atoms with Crippen LogP contribution in [0.2, 0.25) is 0 Å². The molecule has 3 aliphatic rings. The molecule has 2 bridgehead atoms. The predicted octanol–water partition coefficient (Wildman–Crippen LogP) is 2.28. The molecule has 186 valence electrons. The molecule has 2 N–H and O–H groups in total. The molecule has 3 fully saturated rings. The number of aliphatic hydroxyl groups is 2. The molecule has 4 rings (SSSR count). The number of rotatable bonds is 7. The van der Waals surface area contributed by atoms with E-state index < -0.39 is 27.1 Å². The summed E-state index contributed by atoms with van der Waals surface area (Å²) in [5.74, 6) is 0.741. The van der Waals surface area contributed by atoms with Crippen molar-refractivity contribution in [2.75, 3.05) is 46.6 Å². The summed E-state index contributed by atoms with van der Waals surface area (Å²) >= 11 is 0. The van der Waals surface area contributed by atoms with Gasteiger partial charge in [-0.25, -0.2) is 12.7 Å². The van der Waals surface area contributed by atoms with Crippen molar-refractivity contribution in [2.24, 2.45) is 22.7 Å². The van der Waals surface area contributed by atoms with Crippen LogP contribution in [0, 0.1) is 22.7 Å². The first-order valence-corrected chi connectivity index (χ1v) is 13.6. The lowest BCUT2D eigenvalue weighted by atomic mass is 9.70. The Hall–Kier alpha value is -1.19. The monoisotopic (exact) mass is 480 g/mol. The fourth-order valence-corrected chi connectivity index (χ4v) is 9.28. The van der Waals surface area contributed by atoms with Crippen LogP contribution in [0.25, 0.3) is 0 Å². The van der Waals surface area contributed by atoms with Gasteiger partial charge in [-0.1, -0.05) is 26.0 Å². The zero-order valence-corrected chi connectivity index (χ0v) is 21.4. The summed E-state index contributed by atoms with van der Waals surface area (Å²) in [6.45, 7) is 5.33. The van der Waals surface area contributed by atoms with Crippen molar-refractivity contribution in [3.05, 3.63) is 29.8 Å². The minimum atomic E-state index is -3.61. The maximum absolute atomic E-state index is 13.7. The highest BCUT2D eigenvalue weighted by molar-refractivity contribution is 7.89. The molecule has 1 heterocycles. The molecule has 0 amide bonds. The first kappa shape index (κ1) is 24.9. The van der Waals surface area contributed by atoms with E-state index in [1.54, 1.807) is 11.4 Å². The van der Waals surface area contributed by atoms with Gasteiger partial charge in [0, 0.05) is 31.0 Å². The summed E-state index contributed by atoms with van der Waals surface area (Å²) < 4.78 is 34.4. The maximum atomic E-state index is 13.7. The van der Waals surface area contributed by atoms with Crippen LogP contribution < -0.4 is 4.74 Å². The van der Waals surface area contributed by atoms with E-state index in [0.29, 0.717) is 31.1 Å². The molecular weight excluding hydrogens is 440 g/mol. The Kier molecular flexibility index (Phi) is 6.41. The molecule has 0 aromatic heterocycles. The zero-order valence-electron chi connectivity index (χ0n) is 20.6. The number of ether oxygens (including phenoxy) is 1. The number of benzene rings is 1. The van der Waals surface area contributed by atoms with E-state index in [0.717, 1.165) is 18.4 Å². The molecule has 1 aliphatic heterocycles. The first-order valence-electron chi connectivity index (χ1n) is 12.0. The summed E-state index contributed by atoms with van der Waals surface area (Å²) in [6, 6.07) is 7.45. The third kappa shape index (κ3) is 4.01. The van der Waals surface area contributed by atoms with Gasteiger partial charge in [-0.15, -0.1) is 0 Å². The van der Waals surface area contributed by atoms with Gasteiger partial charge in [0.05, 0.1) is 24.6 Å². The van der Waals surface area contributed by atoms with Crippen LogP contribution in [0.1, 0.15) is 45.1 Å². The first-order chi connectivity index (χ1) is 15.4. The van der Waals surface area contributed by atoms with Gasteiger partial charge in [-0.05, 0) is 68.8 Å². The van der Waals surface area contributed by atoms with Crippen molar-refractivity contribution >= 4 is 10.0 Å². The Balaban J connectivity index is 1.60. The van der Waals surface area contributed by atoms with Crippen LogP contribution in [0.5, 0.6) is 5.75 Å². The smallest absolute Gasteiger partial charge is 0.214 e. The van der Waals surface area contributed by atoms with E-state index in [9.17, 15) is 18.6 Å². The largest absolute Gasteiger partial charge is 0.497 e. The van der Waals surface area contributed by atoms with Crippen LogP contribution in [0.4, 0.5) is 0 Å². The Morgan fingerprint density at radius 3 is 2.55 bits per heavy atom. The molecule has 1 aromatic rings. The van der Waals surface area contributed by atoms with Gasteiger partial charge in [-0.2, -0.15) is 0 Å². The molecule has 1 aromatic carbocycles. The van der Waals surface area contributed by atoms with Crippen molar-refractivity contribution in [1.82, 2.24) is 9.21 Å². The summed E-state index contributed by atoms with van der Waals surface area (Å²) in [5.41, 5.74) is -1.17. The Morgan fingerprint density at radius 1 is 1.24 bits per heavy atom. The van der Waals surface area contributed by atoms with Gasteiger partial charge in [0.1, 0.15) is 5.75 Å². The minimum absolute atomic E-state index is 0.0169. The zero-order chi connectivity index (χ0) is 24.2. The third-order valence-corrected chi connectivity index (χ3v) is 11.2. The number of piperidine rings is 1. The average molecular weight is 481 g/mol. The predicted molar refractivity (Wildman–Crippen MR) is 128 cm³/mol. The van der Waals surface area contributed by atoms with E-state index in [-0.39, 0.29) is 30.2 Å². The summed E-state index contributed by atoms with van der Waals surface area (Å²) in [6.07, 6.45) is 2.18. The van der Waals surface area contributed by atoms with Crippen molar-refractivity contribution in [3.63, 3.8) is 0 Å². The van der Waals surface area contributed by atoms with Gasteiger partial charge in [-0.3, -0.25) is 0 Å². The third-order valence-electron chi connectivity index (χ3n) is 9.22. The van der Waals surface area contributed by atoms with Crippen molar-refractivity contribution in [3.8, 4) is 5.75 Å². The van der Waals surface area contributed by atoms with Crippen LogP contribution in [-0.4, -0.2) is 80.5 Å². The van der Waals surface area contributed by atoms with Gasteiger partial charge in [0.15, 0.2) is 0 Å². The number of hydrogen-bond acceptors (Lipinski definition) is 6. The number of nitrogens with zero attached hydrogens (tertiary/aromatic N) is 2. The second-order valence-electron chi connectivity index (χ2n) is 11.3. The second-order valence-corrected chi connectivity index (χ2v) is 13.3. The fourth-order valence-electron chi connectivity index (χ4n) is 6.96. The molecule has 0 radical (unpaired) electrons. The number of hydrogen-bond donors (Lipinski definition) is 2. The molecule has 7 nitrogen and oxygen atoms in total. The Morgan fingerprint density at radius 2 is 1.97 bits per heavy atom. The highest BCUT2D eigenvalue weighted by Crippen LogP contribution is 2.66. The topological polar surface area (TPSA) is 90.3 Å². The lowest BCUT2D eigenvalue weighted by molar-refractivity contribution is -0.0703. The number of methoxy groups -OCH3 is 1. The molecular formula is C25H40N2O5S. The number of sulfonamides is 1. The lowest BCUT2D eigenvalue weighted by Gasteiger charge is -2.47. The lowest BCUT2D eigenvalue weighted by Crippen LogP contribution is -2.56. The van der Waals surface area contributed by atoms with E-state index >= 15 is 0 Å². The number of fused-ring (bicyclic) bond motifs is 2. The highest BCUT2D eigenvalue weighted by Gasteiger charge is 2.65. The SMILES string of the molecule is COc1cccc(C2(O)CCN(S(=O)(=O)C[C@@]34CC[C@@H](CC3O)C4(C)C)CC2CN(C)C)c1. The summed E-state index contributed by atoms with van der Waals surface area (Å²) in [4.78, 5) is 2.00. The highest BCUT2D eigenvalue weighted by atomic mass is 32.2. The fraction of sp³-hybridized carbons (Fsp3) is 0.760. The van der Waals surface area contributed by atoms with Gasteiger partial charge in [0.25, 0.3) is 0 Å². The molecule has 33 heavy (non-hydrogen) atoms. The van der Waals surface area contributed by atoms with E-state index in [2.05, 4.69) is 13.8 Å². The standard InChI is InChI=1S/C25H40N2O5S/c1-23(2)18-9-10-24(23,22(28)14-18)17-33(30,31)27-12-11-25(29,20(16-27)15-26(3)4)19-7-6-8-21(13-19)32-5/h6-8,13,18,20,22,28-29H,9-12,14-17H2,1-5H3/t18-,20?,22?,24-,25?/m0/s1. The van der Waals surface area contributed by atoms with Crippen LogP contribution in [-0.2, 0) is 15.6 Å². The van der Waals surface area contributed by atoms with E-state index in [4.69, 9.17) is 4.74 Å². The van der Waals surface area contributed by atoms with Crippen LogP contribution in [0.3, 0.4) is 0 Å². The van der Waals surface area contributed by atoms with Crippen LogP contribution >= 0.6 is 0 Å². The summed E-state index contributed by atoms with van der Waals surface area (Å²) in [7, 11) is 1.87. The van der Waals surface area contributed by atoms with Gasteiger partial charge >= 0.3 is 0 Å². The molecule has 0 spiro atoms. The second kappa shape index (κ2) is 8.48. The van der Waals surface area contributed by atoms with Crippen molar-refractivity contribution in [2.45, 2.75) is 51.2 Å². The van der Waals surface area contributed by atoms with Crippen molar-refractivity contribution < 1.29 is 23.4 Å². The summed E-state index contributed by atoms with van der Waals surface area (Å²) in [5, 5.41) is 22.7.